The van der Waals surface area contributed by atoms with Crippen molar-refractivity contribution in [2.75, 3.05) is 26.4 Å². The van der Waals surface area contributed by atoms with Crippen LogP contribution in [0.15, 0.2) is 36.5 Å². The zero-order valence-electron chi connectivity index (χ0n) is 35.6. The molecule has 0 spiro atoms. The Morgan fingerprint density at radius 1 is 0.724 bits per heavy atom. The largest absolute Gasteiger partial charge is 0.472 e. The van der Waals surface area contributed by atoms with Crippen molar-refractivity contribution in [3.05, 3.63) is 36.5 Å². The lowest BCUT2D eigenvalue weighted by molar-refractivity contribution is -0.160. The van der Waals surface area contributed by atoms with Gasteiger partial charge in [0, 0.05) is 18.8 Å². The first kappa shape index (κ1) is 54.1. The van der Waals surface area contributed by atoms with Crippen LogP contribution in [0.3, 0.4) is 0 Å². The summed E-state index contributed by atoms with van der Waals surface area (Å²) in [6.45, 7) is 1.89. The first-order valence-corrected chi connectivity index (χ1v) is 23.7. The zero-order valence-corrected chi connectivity index (χ0v) is 36.5. The van der Waals surface area contributed by atoms with E-state index in [4.69, 9.17) is 19.1 Å². The molecule has 0 aromatic heterocycles. The van der Waals surface area contributed by atoms with Crippen LogP contribution in [0.1, 0.15) is 162 Å². The number of unbranched alkanes of at least 4 members (excludes halogenated alkanes) is 15. The molecule has 1 rings (SSSR count). The normalized spacial score (nSPS) is 21.2. The quantitative estimate of drug-likeness (QED) is 0.0152. The number of carbonyl (C=O) groups is 2. The van der Waals surface area contributed by atoms with E-state index < -0.39 is 76.7 Å². The summed E-state index contributed by atoms with van der Waals surface area (Å²) in [7, 11) is -4.70. The van der Waals surface area contributed by atoms with E-state index in [1.165, 1.54) is 57.8 Å². The fourth-order valence-electron chi connectivity index (χ4n) is 6.84. The van der Waals surface area contributed by atoms with Crippen LogP contribution >= 0.6 is 7.82 Å². The van der Waals surface area contributed by atoms with Crippen LogP contribution in [0.2, 0.25) is 0 Å². The van der Waals surface area contributed by atoms with E-state index in [1.54, 1.807) is 24.3 Å². The van der Waals surface area contributed by atoms with Gasteiger partial charge in [-0.3, -0.25) is 18.6 Å². The van der Waals surface area contributed by atoms with E-state index in [-0.39, 0.29) is 31.1 Å². The molecule has 1 unspecified atom stereocenters. The van der Waals surface area contributed by atoms with E-state index in [1.807, 2.05) is 0 Å². The summed E-state index contributed by atoms with van der Waals surface area (Å²) in [4.78, 5) is 35.2. The number of ether oxygens (including phenoxy) is 2. The summed E-state index contributed by atoms with van der Waals surface area (Å²) in [6.07, 6.45) is 28.1. The smallest absolute Gasteiger partial charge is 0.461 e. The Morgan fingerprint density at radius 3 is 1.95 bits per heavy atom. The summed E-state index contributed by atoms with van der Waals surface area (Å²) in [5.74, 6) is -1.87. The Labute approximate surface area is 348 Å². The van der Waals surface area contributed by atoms with Crippen LogP contribution in [0.25, 0.3) is 0 Å². The lowest BCUT2D eigenvalue weighted by Gasteiger charge is -2.20. The second-order valence-electron chi connectivity index (χ2n) is 15.7. The monoisotopic (exact) mass is 847 g/mol. The summed E-state index contributed by atoms with van der Waals surface area (Å²) in [5.41, 5.74) is 0. The van der Waals surface area contributed by atoms with E-state index in [9.17, 15) is 39.5 Å². The summed E-state index contributed by atoms with van der Waals surface area (Å²) in [5, 5.41) is 49.7. The van der Waals surface area contributed by atoms with Gasteiger partial charge >= 0.3 is 19.8 Å². The van der Waals surface area contributed by atoms with Gasteiger partial charge in [0.05, 0.1) is 44.6 Å². The van der Waals surface area contributed by atoms with Gasteiger partial charge in [0.1, 0.15) is 12.7 Å². The third-order valence-electron chi connectivity index (χ3n) is 10.4. The van der Waals surface area contributed by atoms with Gasteiger partial charge in [0.25, 0.3) is 0 Å². The molecule has 1 fully saturated rings. The van der Waals surface area contributed by atoms with E-state index in [2.05, 4.69) is 30.5 Å². The first-order chi connectivity index (χ1) is 27.9. The van der Waals surface area contributed by atoms with Gasteiger partial charge < -0.3 is 39.9 Å². The fraction of sp³-hybridized carbons (Fsp3) is 0.818. The predicted octanol–water partition coefficient (Wildman–Crippen LogP) is 7.94. The molecule has 0 heterocycles. The molecule has 0 amide bonds. The number of hydrogen-bond acceptors (Lipinski definition) is 12. The molecule has 6 N–H and O–H groups in total. The number of aliphatic hydroxyl groups is 5. The number of phosphoric acid groups is 1. The van der Waals surface area contributed by atoms with Crippen molar-refractivity contribution in [3.8, 4) is 0 Å². The topological polar surface area (TPSA) is 210 Å². The Kier molecular flexibility index (Phi) is 32.4. The molecule has 0 aromatic carbocycles. The number of allylic oxidation sites excluding steroid dienone is 3. The molecule has 1 saturated carbocycles. The van der Waals surface area contributed by atoms with Crippen molar-refractivity contribution < 1.29 is 63.1 Å². The second-order valence-corrected chi connectivity index (χ2v) is 17.2. The lowest BCUT2D eigenvalue weighted by Crippen LogP contribution is -2.29. The minimum atomic E-state index is -4.70. The highest BCUT2D eigenvalue weighted by Gasteiger charge is 2.39. The molecule has 0 saturated heterocycles. The number of carbonyl (C=O) groups excluding carboxylic acids is 2. The second kappa shape index (κ2) is 34.7. The number of hydrogen-bond donors (Lipinski definition) is 6. The highest BCUT2D eigenvalue weighted by Crippen LogP contribution is 2.43. The van der Waals surface area contributed by atoms with Crippen LogP contribution < -0.4 is 0 Å². The number of rotatable bonds is 37. The third-order valence-corrected chi connectivity index (χ3v) is 11.3. The highest BCUT2D eigenvalue weighted by atomic mass is 31.2. The molecule has 13 nitrogen and oxygen atoms in total. The van der Waals surface area contributed by atoms with Gasteiger partial charge in [0.2, 0.25) is 0 Å². The maximum atomic E-state index is 12.7. The maximum absolute atomic E-state index is 12.7. The summed E-state index contributed by atoms with van der Waals surface area (Å²) < 4.78 is 32.7. The molecule has 1 aliphatic carbocycles. The predicted molar refractivity (Wildman–Crippen MR) is 226 cm³/mol. The van der Waals surface area contributed by atoms with Gasteiger partial charge in [-0.25, -0.2) is 4.57 Å². The van der Waals surface area contributed by atoms with Gasteiger partial charge in [-0.05, 0) is 50.9 Å². The molecule has 1 aliphatic rings. The zero-order chi connectivity index (χ0) is 42.9. The molecule has 0 bridgehead atoms. The minimum Gasteiger partial charge on any atom is -0.461 e. The third kappa shape index (κ3) is 28.5. The Hall–Kier alpha value is -1.93. The number of aliphatic hydroxyl groups excluding tert-OH is 5. The van der Waals surface area contributed by atoms with E-state index in [0.29, 0.717) is 19.3 Å². The van der Waals surface area contributed by atoms with Crippen molar-refractivity contribution in [2.24, 2.45) is 11.8 Å². The van der Waals surface area contributed by atoms with Crippen LogP contribution in [0, 0.1) is 11.8 Å². The Bertz CT molecular complexity index is 1180. The molecule has 0 radical (unpaired) electrons. The number of phosphoric ester groups is 1. The summed E-state index contributed by atoms with van der Waals surface area (Å²) >= 11 is 0. The molecular weight excluding hydrogens is 767 g/mol. The fourth-order valence-corrected chi connectivity index (χ4v) is 7.63. The van der Waals surface area contributed by atoms with Crippen molar-refractivity contribution in [1.29, 1.82) is 0 Å². The number of esters is 2. The highest BCUT2D eigenvalue weighted by molar-refractivity contribution is 7.47. The minimum absolute atomic E-state index is 0.113. The molecular formula is C44H79O13P. The SMILES string of the molecule is CCCCCCCC/C=C\CCCCCCCCCC(=O)O[C@H](COC(=O)C/C=C\C[C@H]1[C@@H](/C=C/[C@H](O)CCCCC)[C@H](O)C[C@@H]1O)COP(=O)(O)OC[C@@H](O)CO. The van der Waals surface area contributed by atoms with Gasteiger partial charge in [-0.1, -0.05) is 134 Å². The maximum Gasteiger partial charge on any atom is 0.472 e. The van der Waals surface area contributed by atoms with E-state index >= 15 is 0 Å². The summed E-state index contributed by atoms with van der Waals surface area (Å²) in [6, 6.07) is 0. The van der Waals surface area contributed by atoms with E-state index in [0.717, 1.165) is 51.4 Å². The Morgan fingerprint density at radius 2 is 1.31 bits per heavy atom. The van der Waals surface area contributed by atoms with Crippen molar-refractivity contribution >= 4 is 19.8 Å². The van der Waals surface area contributed by atoms with Gasteiger partial charge in [-0.15, -0.1) is 0 Å². The van der Waals surface area contributed by atoms with Crippen LogP contribution in [-0.4, -0.2) is 99.3 Å². The van der Waals surface area contributed by atoms with Crippen LogP contribution in [0.5, 0.6) is 0 Å². The molecule has 0 aliphatic heterocycles. The molecule has 58 heavy (non-hydrogen) atoms. The standard InChI is InChI=1S/C44H79O13P/c1-3-5-7-8-9-10-11-12-13-14-15-16-17-18-19-20-22-28-44(51)57-38(35-56-58(52,53)55-33-37(47)32-45)34-54-43(50)27-24-23-26-39-40(42(49)31-41(39)48)30-29-36(46)25-21-6-4-2/h12-13,23-24,29-30,36-42,45-49H,3-11,14-22,25-28,31-35H2,1-2H3,(H,52,53)/b13-12-,24-23-,30-29+/t36-,37+,38-,39+,40-,41+,42-/m1/s1. The first-order valence-electron chi connectivity index (χ1n) is 22.2. The van der Waals surface area contributed by atoms with Gasteiger partial charge in [-0.2, -0.15) is 0 Å². The molecule has 8 atom stereocenters. The molecule has 14 heteroatoms. The van der Waals surface area contributed by atoms with Crippen molar-refractivity contribution in [1.82, 2.24) is 0 Å². The average Bonchev–Trinajstić information content (AvgIpc) is 3.47. The molecule has 0 aromatic rings. The average molecular weight is 847 g/mol. The van der Waals surface area contributed by atoms with Crippen LogP contribution in [-0.2, 0) is 32.7 Å². The van der Waals surface area contributed by atoms with Crippen LogP contribution in [0.4, 0.5) is 0 Å². The van der Waals surface area contributed by atoms with Crippen molar-refractivity contribution in [2.45, 2.75) is 192 Å². The van der Waals surface area contributed by atoms with Crippen molar-refractivity contribution in [3.63, 3.8) is 0 Å². The lowest BCUT2D eigenvalue weighted by atomic mass is 9.89. The van der Waals surface area contributed by atoms with Gasteiger partial charge in [0.15, 0.2) is 6.10 Å². The Balaban J connectivity index is 2.50. The molecule has 338 valence electrons.